The summed E-state index contributed by atoms with van der Waals surface area (Å²) in [6.45, 7) is 0. The molecule has 4 nitrogen and oxygen atoms in total. The highest BCUT2D eigenvalue weighted by Gasteiger charge is 2.20. The average molecular weight is 174 g/mol. The van der Waals surface area contributed by atoms with Crippen LogP contribution in [0.3, 0.4) is 0 Å². The van der Waals surface area contributed by atoms with Gasteiger partial charge in [0, 0.05) is 12.2 Å². The highest BCUT2D eigenvalue weighted by Crippen LogP contribution is 2.12. The predicted octanol–water partition coefficient (Wildman–Crippen LogP) is 0.893. The van der Waals surface area contributed by atoms with Crippen LogP contribution in [-0.4, -0.2) is 16.1 Å². The summed E-state index contributed by atoms with van der Waals surface area (Å²) in [4.78, 5) is 20.2. The van der Waals surface area contributed by atoms with Crippen LogP contribution in [0.5, 0.6) is 0 Å². The summed E-state index contributed by atoms with van der Waals surface area (Å²) in [5.41, 5.74) is -0.135. The number of hydrogen-bond donors (Lipinski definition) is 0. The lowest BCUT2D eigenvalue weighted by Gasteiger charge is -2.02. The van der Waals surface area contributed by atoms with Gasteiger partial charge in [0.05, 0.1) is 4.92 Å². The van der Waals surface area contributed by atoms with E-state index in [0.717, 1.165) is 18.2 Å². The third kappa shape index (κ3) is 1.65. The van der Waals surface area contributed by atoms with Crippen LogP contribution in [0, 0.1) is 10.1 Å². The molecule has 11 heavy (non-hydrogen) atoms. The van der Waals surface area contributed by atoms with Gasteiger partial charge >= 0.3 is 0 Å². The Balaban J connectivity index is 2.88. The van der Waals surface area contributed by atoms with Gasteiger partial charge in [-0.1, -0.05) is 0 Å². The molecule has 0 heterocycles. The van der Waals surface area contributed by atoms with Crippen LogP contribution >= 0.6 is 11.6 Å². The van der Waals surface area contributed by atoms with Crippen molar-refractivity contribution in [2.45, 2.75) is 5.38 Å². The van der Waals surface area contributed by atoms with Gasteiger partial charge in [-0.3, -0.25) is 14.9 Å². The van der Waals surface area contributed by atoms with Crippen LogP contribution in [-0.2, 0) is 4.79 Å². The fraction of sp³-hybridized carbons (Fsp3) is 0.167. The van der Waals surface area contributed by atoms with Gasteiger partial charge in [0.15, 0.2) is 5.78 Å². The summed E-state index contributed by atoms with van der Waals surface area (Å²) in [5.74, 6) is -0.322. The number of hydrogen-bond acceptors (Lipinski definition) is 3. The molecule has 0 aliphatic heterocycles. The lowest BCUT2D eigenvalue weighted by molar-refractivity contribution is -0.419. The number of carbonyl (C=O) groups excluding carboxylic acids is 1. The van der Waals surface area contributed by atoms with E-state index in [9.17, 15) is 14.9 Å². The van der Waals surface area contributed by atoms with Crippen LogP contribution < -0.4 is 0 Å². The van der Waals surface area contributed by atoms with Crippen LogP contribution in [0.15, 0.2) is 23.9 Å². The Hall–Kier alpha value is -1.16. The molecular formula is C6H4ClNO3. The highest BCUT2D eigenvalue weighted by molar-refractivity contribution is 6.34. The Labute approximate surface area is 67.3 Å². The van der Waals surface area contributed by atoms with Gasteiger partial charge in [-0.25, -0.2) is 0 Å². The summed E-state index contributed by atoms with van der Waals surface area (Å²) in [5, 5.41) is 9.23. The molecule has 0 aromatic carbocycles. The van der Waals surface area contributed by atoms with Gasteiger partial charge in [0.25, 0.3) is 5.70 Å². The van der Waals surface area contributed by atoms with Crippen molar-refractivity contribution in [1.29, 1.82) is 0 Å². The Morgan fingerprint density at radius 1 is 1.55 bits per heavy atom. The van der Waals surface area contributed by atoms with Gasteiger partial charge in [-0.2, -0.15) is 0 Å². The normalized spacial score (nSPS) is 23.2. The summed E-state index contributed by atoms with van der Waals surface area (Å²) in [7, 11) is 0. The monoisotopic (exact) mass is 173 g/mol. The molecule has 0 saturated heterocycles. The number of nitrogens with zero attached hydrogens (tertiary/aromatic N) is 1. The number of ketones is 1. The highest BCUT2D eigenvalue weighted by atomic mass is 35.5. The van der Waals surface area contributed by atoms with Crippen molar-refractivity contribution in [2.24, 2.45) is 0 Å². The molecule has 0 N–H and O–H groups in total. The third-order valence-corrected chi connectivity index (χ3v) is 1.56. The largest absolute Gasteiger partial charge is 0.293 e. The van der Waals surface area contributed by atoms with E-state index in [1.54, 1.807) is 0 Å². The SMILES string of the molecule is O=C1C=CC([N+](=O)[O-])=CC1Cl. The molecule has 1 aliphatic carbocycles. The minimum Gasteiger partial charge on any atom is -0.293 e. The van der Waals surface area contributed by atoms with Crippen molar-refractivity contribution in [3.05, 3.63) is 34.0 Å². The zero-order valence-electron chi connectivity index (χ0n) is 5.36. The molecule has 0 radical (unpaired) electrons. The summed E-state index contributed by atoms with van der Waals surface area (Å²) >= 11 is 5.42. The molecular weight excluding hydrogens is 170 g/mol. The molecule has 0 bridgehead atoms. The molecule has 1 rings (SSSR count). The Kier molecular flexibility index (Phi) is 2.05. The van der Waals surface area contributed by atoms with E-state index in [4.69, 9.17) is 11.6 Å². The lowest BCUT2D eigenvalue weighted by Crippen LogP contribution is -2.15. The van der Waals surface area contributed by atoms with E-state index in [1.807, 2.05) is 0 Å². The Bertz CT molecular complexity index is 269. The first-order valence-electron chi connectivity index (χ1n) is 2.83. The maximum absolute atomic E-state index is 10.7. The van der Waals surface area contributed by atoms with Crippen molar-refractivity contribution in [2.75, 3.05) is 0 Å². The van der Waals surface area contributed by atoms with E-state index < -0.39 is 10.3 Å². The van der Waals surface area contributed by atoms with Crippen molar-refractivity contribution in [1.82, 2.24) is 0 Å². The quantitative estimate of drug-likeness (QED) is 0.336. The molecule has 0 fully saturated rings. The van der Waals surface area contributed by atoms with Gasteiger partial charge < -0.3 is 0 Å². The van der Waals surface area contributed by atoms with Crippen LogP contribution in [0.1, 0.15) is 0 Å². The maximum Gasteiger partial charge on any atom is 0.267 e. The lowest BCUT2D eigenvalue weighted by atomic mass is 10.1. The van der Waals surface area contributed by atoms with Gasteiger partial charge in [0.2, 0.25) is 0 Å². The topological polar surface area (TPSA) is 60.2 Å². The van der Waals surface area contributed by atoms with Crippen molar-refractivity contribution in [3.63, 3.8) is 0 Å². The minimum atomic E-state index is -0.889. The smallest absolute Gasteiger partial charge is 0.267 e. The van der Waals surface area contributed by atoms with E-state index in [2.05, 4.69) is 0 Å². The van der Waals surface area contributed by atoms with Crippen LogP contribution in [0.4, 0.5) is 0 Å². The number of rotatable bonds is 1. The molecule has 0 amide bonds. The Morgan fingerprint density at radius 3 is 2.64 bits per heavy atom. The minimum absolute atomic E-state index is 0.135. The fourth-order valence-electron chi connectivity index (χ4n) is 0.669. The molecule has 0 saturated carbocycles. The second-order valence-electron chi connectivity index (χ2n) is 1.99. The second-order valence-corrected chi connectivity index (χ2v) is 2.46. The second kappa shape index (κ2) is 2.84. The van der Waals surface area contributed by atoms with Gasteiger partial charge in [-0.05, 0) is 6.08 Å². The fourth-order valence-corrected chi connectivity index (χ4v) is 0.871. The first-order valence-corrected chi connectivity index (χ1v) is 3.27. The third-order valence-electron chi connectivity index (χ3n) is 1.22. The standard InChI is InChI=1S/C6H4ClNO3/c7-5-3-4(8(10)11)1-2-6(5)9/h1-3,5H. The zero-order chi connectivity index (χ0) is 8.43. The number of alkyl halides is 1. The van der Waals surface area contributed by atoms with Crippen molar-refractivity contribution >= 4 is 17.4 Å². The van der Waals surface area contributed by atoms with Gasteiger partial charge in [0.1, 0.15) is 5.38 Å². The molecule has 0 aromatic rings. The first kappa shape index (κ1) is 7.94. The molecule has 5 heteroatoms. The maximum atomic E-state index is 10.7. The van der Waals surface area contributed by atoms with Crippen molar-refractivity contribution < 1.29 is 9.72 Å². The molecule has 1 unspecified atom stereocenters. The number of carbonyl (C=O) groups is 1. The van der Waals surface area contributed by atoms with E-state index in [0.29, 0.717) is 0 Å². The first-order chi connectivity index (χ1) is 5.11. The number of halogens is 1. The van der Waals surface area contributed by atoms with Crippen LogP contribution in [0.25, 0.3) is 0 Å². The molecule has 1 aliphatic rings. The van der Waals surface area contributed by atoms with E-state index in [1.165, 1.54) is 0 Å². The number of allylic oxidation sites excluding steroid dienone is 3. The van der Waals surface area contributed by atoms with E-state index in [-0.39, 0.29) is 11.5 Å². The molecule has 1 atom stereocenters. The zero-order valence-corrected chi connectivity index (χ0v) is 6.12. The summed E-state index contributed by atoms with van der Waals surface area (Å²) in [6, 6.07) is 0. The average Bonchev–Trinajstić information content (AvgIpc) is 1.94. The van der Waals surface area contributed by atoms with Crippen LogP contribution in [0.2, 0.25) is 0 Å². The predicted molar refractivity (Wildman–Crippen MR) is 38.9 cm³/mol. The van der Waals surface area contributed by atoms with Gasteiger partial charge in [-0.15, -0.1) is 11.6 Å². The molecule has 58 valence electrons. The summed E-state index contributed by atoms with van der Waals surface area (Å²) < 4.78 is 0. The molecule has 0 spiro atoms. The molecule has 0 aromatic heterocycles. The van der Waals surface area contributed by atoms with Crippen molar-refractivity contribution in [3.8, 4) is 0 Å². The Morgan fingerprint density at radius 2 is 2.18 bits per heavy atom. The number of nitro groups is 1. The summed E-state index contributed by atoms with van der Waals surface area (Å²) in [6.07, 6.45) is 3.36. The van der Waals surface area contributed by atoms with E-state index >= 15 is 0 Å².